The van der Waals surface area contributed by atoms with E-state index in [1.165, 1.54) is 33.3 Å². The lowest BCUT2D eigenvalue weighted by molar-refractivity contribution is -0.174. The van der Waals surface area contributed by atoms with E-state index < -0.39 is 17.9 Å². The molecule has 0 aliphatic rings. The molecule has 0 aliphatic carbocycles. The zero-order valence-electron chi connectivity index (χ0n) is 11.8. The Kier molecular flexibility index (Phi) is 5.91. The maximum absolute atomic E-state index is 14.0. The van der Waals surface area contributed by atoms with Crippen molar-refractivity contribution in [3.05, 3.63) is 22.2 Å². The minimum Gasteiger partial charge on any atom is -0.493 e. The summed E-state index contributed by atoms with van der Waals surface area (Å²) >= 11 is 3.13. The molecule has 1 aromatic rings. The molecule has 0 spiro atoms. The molecule has 1 aromatic carbocycles. The van der Waals surface area contributed by atoms with Gasteiger partial charge in [0.2, 0.25) is 0 Å². The quantitative estimate of drug-likeness (QED) is 0.782. The standard InChI is InChI=1S/C13H16BrF2NO4/c1-4-21-12(18)13(15,16)11(17)7-5-9(19-2)10(20-3)6-8(7)14/h5-6,11H,4,17H2,1-3H3/t11-/m0/s1. The molecule has 0 radical (unpaired) electrons. The van der Waals surface area contributed by atoms with Crippen LogP contribution in [0.1, 0.15) is 18.5 Å². The number of esters is 1. The van der Waals surface area contributed by atoms with Gasteiger partial charge in [-0.15, -0.1) is 0 Å². The van der Waals surface area contributed by atoms with Crippen LogP contribution in [0, 0.1) is 0 Å². The second-order valence-corrected chi connectivity index (χ2v) is 4.90. The van der Waals surface area contributed by atoms with Crippen LogP contribution in [-0.2, 0) is 9.53 Å². The van der Waals surface area contributed by atoms with E-state index in [0.717, 1.165) is 0 Å². The van der Waals surface area contributed by atoms with Crippen LogP contribution in [-0.4, -0.2) is 32.7 Å². The van der Waals surface area contributed by atoms with Gasteiger partial charge < -0.3 is 19.9 Å². The van der Waals surface area contributed by atoms with E-state index in [0.29, 0.717) is 5.75 Å². The van der Waals surface area contributed by atoms with Gasteiger partial charge in [0.1, 0.15) is 6.04 Å². The van der Waals surface area contributed by atoms with Crippen molar-refractivity contribution in [1.82, 2.24) is 0 Å². The third-order valence-corrected chi connectivity index (χ3v) is 3.46. The summed E-state index contributed by atoms with van der Waals surface area (Å²) in [7, 11) is 2.78. The van der Waals surface area contributed by atoms with Gasteiger partial charge in [0, 0.05) is 4.47 Å². The number of rotatable bonds is 6. The molecule has 5 nitrogen and oxygen atoms in total. The molecule has 0 saturated heterocycles. The summed E-state index contributed by atoms with van der Waals surface area (Å²) in [6.07, 6.45) is 0. The van der Waals surface area contributed by atoms with E-state index in [1.54, 1.807) is 0 Å². The second-order valence-electron chi connectivity index (χ2n) is 4.05. The molecule has 0 fully saturated rings. The monoisotopic (exact) mass is 367 g/mol. The maximum atomic E-state index is 14.0. The van der Waals surface area contributed by atoms with Gasteiger partial charge in [-0.3, -0.25) is 0 Å². The van der Waals surface area contributed by atoms with Crippen LogP contribution in [0.15, 0.2) is 16.6 Å². The molecule has 0 bridgehead atoms. The van der Waals surface area contributed by atoms with Gasteiger partial charge in [0.05, 0.1) is 20.8 Å². The second kappa shape index (κ2) is 7.04. The Balaban J connectivity index is 3.23. The Hall–Kier alpha value is -1.41. The minimum atomic E-state index is -3.86. The molecule has 118 valence electrons. The Morgan fingerprint density at radius 1 is 1.33 bits per heavy atom. The highest BCUT2D eigenvalue weighted by Gasteiger charge is 2.48. The van der Waals surface area contributed by atoms with Crippen molar-refractivity contribution in [2.75, 3.05) is 20.8 Å². The number of hydrogen-bond acceptors (Lipinski definition) is 5. The zero-order chi connectivity index (χ0) is 16.2. The Labute approximate surface area is 129 Å². The molecule has 1 rings (SSSR count). The van der Waals surface area contributed by atoms with Crippen LogP contribution in [0.3, 0.4) is 0 Å². The average molecular weight is 368 g/mol. The van der Waals surface area contributed by atoms with Crippen molar-refractivity contribution >= 4 is 21.9 Å². The number of benzene rings is 1. The van der Waals surface area contributed by atoms with Crippen molar-refractivity contribution in [3.8, 4) is 11.5 Å². The molecule has 8 heteroatoms. The van der Waals surface area contributed by atoms with Crippen LogP contribution < -0.4 is 15.2 Å². The van der Waals surface area contributed by atoms with Crippen molar-refractivity contribution in [2.24, 2.45) is 5.73 Å². The fourth-order valence-corrected chi connectivity index (χ4v) is 2.23. The lowest BCUT2D eigenvalue weighted by Crippen LogP contribution is -2.41. The number of ether oxygens (including phenoxy) is 3. The summed E-state index contributed by atoms with van der Waals surface area (Å²) in [6, 6.07) is 0.849. The third kappa shape index (κ3) is 3.62. The third-order valence-electron chi connectivity index (χ3n) is 2.78. The number of hydrogen-bond donors (Lipinski definition) is 1. The first-order valence-corrected chi connectivity index (χ1v) is 6.80. The van der Waals surface area contributed by atoms with Crippen molar-refractivity contribution in [2.45, 2.75) is 18.9 Å². The highest BCUT2D eigenvalue weighted by atomic mass is 79.9. The topological polar surface area (TPSA) is 70.8 Å². The first-order valence-electron chi connectivity index (χ1n) is 6.01. The van der Waals surface area contributed by atoms with E-state index in [2.05, 4.69) is 20.7 Å². The predicted octanol–water partition coefficient (Wildman–Crippen LogP) is 2.66. The normalized spacial score (nSPS) is 12.7. The van der Waals surface area contributed by atoms with Crippen molar-refractivity contribution in [1.29, 1.82) is 0 Å². The fraction of sp³-hybridized carbons (Fsp3) is 0.462. The number of halogens is 3. The van der Waals surface area contributed by atoms with E-state index in [1.807, 2.05) is 0 Å². The molecule has 0 heterocycles. The van der Waals surface area contributed by atoms with Crippen LogP contribution in [0.2, 0.25) is 0 Å². The summed E-state index contributed by atoms with van der Waals surface area (Å²) in [6.45, 7) is 1.28. The molecular weight excluding hydrogens is 352 g/mol. The van der Waals surface area contributed by atoms with E-state index in [-0.39, 0.29) is 22.4 Å². The van der Waals surface area contributed by atoms with Crippen molar-refractivity contribution < 1.29 is 27.8 Å². The maximum Gasteiger partial charge on any atom is 0.379 e. The molecule has 0 unspecified atom stereocenters. The summed E-state index contributed by atoms with van der Waals surface area (Å²) in [5, 5.41) is 0. The van der Waals surface area contributed by atoms with Gasteiger partial charge in [-0.05, 0) is 24.6 Å². The number of methoxy groups -OCH3 is 2. The minimum absolute atomic E-state index is 0.00528. The first-order chi connectivity index (χ1) is 9.79. The molecule has 0 aromatic heterocycles. The highest BCUT2D eigenvalue weighted by Crippen LogP contribution is 2.40. The summed E-state index contributed by atoms with van der Waals surface area (Å²) in [4.78, 5) is 11.3. The van der Waals surface area contributed by atoms with Crippen molar-refractivity contribution in [3.63, 3.8) is 0 Å². The summed E-state index contributed by atoms with van der Waals surface area (Å²) in [5.74, 6) is -4.96. The van der Waals surface area contributed by atoms with Gasteiger partial charge in [0.25, 0.3) is 0 Å². The highest BCUT2D eigenvalue weighted by molar-refractivity contribution is 9.10. The van der Waals surface area contributed by atoms with Gasteiger partial charge in [-0.25, -0.2) is 4.79 Å². The first kappa shape index (κ1) is 17.6. The SMILES string of the molecule is CCOC(=O)C(F)(F)[C@@H](N)c1cc(OC)c(OC)cc1Br. The average Bonchev–Trinajstić information content (AvgIpc) is 2.46. The lowest BCUT2D eigenvalue weighted by atomic mass is 10.0. The smallest absolute Gasteiger partial charge is 0.379 e. The Morgan fingerprint density at radius 2 is 1.86 bits per heavy atom. The fourth-order valence-electron chi connectivity index (χ4n) is 1.66. The Bertz CT molecular complexity index is 525. The van der Waals surface area contributed by atoms with Gasteiger partial charge in [-0.2, -0.15) is 8.78 Å². The van der Waals surface area contributed by atoms with E-state index >= 15 is 0 Å². The van der Waals surface area contributed by atoms with E-state index in [9.17, 15) is 13.6 Å². The molecule has 0 amide bonds. The largest absolute Gasteiger partial charge is 0.493 e. The van der Waals surface area contributed by atoms with Crippen LogP contribution in [0.4, 0.5) is 8.78 Å². The molecule has 1 atom stereocenters. The number of nitrogens with two attached hydrogens (primary N) is 1. The van der Waals surface area contributed by atoms with Gasteiger partial charge in [0.15, 0.2) is 11.5 Å². The van der Waals surface area contributed by atoms with Crippen LogP contribution in [0.25, 0.3) is 0 Å². The molecular formula is C13H16BrF2NO4. The molecule has 21 heavy (non-hydrogen) atoms. The predicted molar refractivity (Wildman–Crippen MR) is 75.8 cm³/mol. The molecule has 2 N–H and O–H groups in total. The number of carbonyl (C=O) groups is 1. The Morgan fingerprint density at radius 3 is 2.33 bits per heavy atom. The summed E-state index contributed by atoms with van der Waals surface area (Å²) < 4.78 is 42.7. The molecule has 0 saturated carbocycles. The van der Waals surface area contributed by atoms with Crippen LogP contribution in [0.5, 0.6) is 11.5 Å². The molecule has 0 aliphatic heterocycles. The zero-order valence-corrected chi connectivity index (χ0v) is 13.4. The van der Waals surface area contributed by atoms with Gasteiger partial charge in [-0.1, -0.05) is 15.9 Å². The van der Waals surface area contributed by atoms with E-state index in [4.69, 9.17) is 15.2 Å². The van der Waals surface area contributed by atoms with Crippen LogP contribution >= 0.6 is 15.9 Å². The summed E-state index contributed by atoms with van der Waals surface area (Å²) in [5.41, 5.74) is 5.55. The van der Waals surface area contributed by atoms with Gasteiger partial charge >= 0.3 is 11.9 Å². The lowest BCUT2D eigenvalue weighted by Gasteiger charge is -2.23. The number of carbonyl (C=O) groups excluding carboxylic acids is 1. The number of alkyl halides is 2.